The number of benzene rings is 1. The number of carbonyl (C=O) groups excluding carboxylic acids is 1. The molecule has 0 aliphatic carbocycles. The van der Waals surface area contributed by atoms with Crippen LogP contribution in [0.25, 0.3) is 5.57 Å². The number of halogens is 2. The molecule has 2 unspecified atom stereocenters. The summed E-state index contributed by atoms with van der Waals surface area (Å²) >= 11 is 12.2. The highest BCUT2D eigenvalue weighted by molar-refractivity contribution is 6.35. The molecule has 0 aromatic heterocycles. The minimum atomic E-state index is 0.277. The smallest absolute Gasteiger partial charge is 0.222 e. The van der Waals surface area contributed by atoms with Crippen molar-refractivity contribution in [2.24, 2.45) is 0 Å². The minimum absolute atomic E-state index is 0.277. The van der Waals surface area contributed by atoms with E-state index in [9.17, 15) is 4.79 Å². The number of piperazine rings is 1. The van der Waals surface area contributed by atoms with E-state index in [1.54, 1.807) is 6.07 Å². The van der Waals surface area contributed by atoms with Crippen molar-refractivity contribution in [1.29, 1.82) is 0 Å². The molecule has 0 saturated carbocycles. The van der Waals surface area contributed by atoms with Crippen LogP contribution in [0.3, 0.4) is 0 Å². The lowest BCUT2D eigenvalue weighted by Gasteiger charge is -2.56. The monoisotopic (exact) mass is 352 g/mol. The second kappa shape index (κ2) is 6.84. The molecule has 23 heavy (non-hydrogen) atoms. The van der Waals surface area contributed by atoms with Crippen molar-refractivity contribution in [2.45, 2.75) is 38.8 Å². The zero-order valence-electron chi connectivity index (χ0n) is 13.6. The molecule has 0 spiro atoms. The average Bonchev–Trinajstić information content (AvgIpc) is 2.54. The Bertz CT molecular complexity index is 632. The summed E-state index contributed by atoms with van der Waals surface area (Å²) in [6.45, 7) is 6.67. The molecule has 3 saturated heterocycles. The largest absolute Gasteiger partial charge is 0.340 e. The Morgan fingerprint density at radius 2 is 2.00 bits per heavy atom. The zero-order chi connectivity index (χ0) is 16.6. The van der Waals surface area contributed by atoms with Gasteiger partial charge in [-0.05, 0) is 36.6 Å². The summed E-state index contributed by atoms with van der Waals surface area (Å²) in [5.41, 5.74) is 2.20. The molecular weight excluding hydrogens is 331 g/mol. The molecule has 2 atom stereocenters. The van der Waals surface area contributed by atoms with Crippen LogP contribution in [-0.4, -0.2) is 47.4 Å². The Morgan fingerprint density at radius 3 is 2.61 bits per heavy atom. The van der Waals surface area contributed by atoms with E-state index in [-0.39, 0.29) is 5.91 Å². The highest BCUT2D eigenvalue weighted by atomic mass is 35.5. The van der Waals surface area contributed by atoms with Crippen LogP contribution in [0.2, 0.25) is 10.0 Å². The first kappa shape index (κ1) is 16.8. The predicted octanol–water partition coefficient (Wildman–Crippen LogP) is 4.09. The first-order chi connectivity index (χ1) is 11.0. The fourth-order valence-corrected chi connectivity index (χ4v) is 4.13. The third kappa shape index (κ3) is 3.42. The first-order valence-corrected chi connectivity index (χ1v) is 8.91. The molecule has 1 amide bonds. The Balaban J connectivity index is 1.62. The maximum atomic E-state index is 11.8. The van der Waals surface area contributed by atoms with Gasteiger partial charge in [-0.2, -0.15) is 0 Å². The first-order valence-electron chi connectivity index (χ1n) is 8.15. The van der Waals surface area contributed by atoms with Crippen LogP contribution in [0.4, 0.5) is 0 Å². The number of hydrogen-bond acceptors (Lipinski definition) is 2. The number of nitrogens with zero attached hydrogens (tertiary/aromatic N) is 2. The normalized spacial score (nSPS) is 24.5. The Hall–Kier alpha value is -1.03. The van der Waals surface area contributed by atoms with E-state index in [2.05, 4.69) is 17.9 Å². The zero-order valence-corrected chi connectivity index (χ0v) is 15.1. The maximum Gasteiger partial charge on any atom is 0.222 e. The van der Waals surface area contributed by atoms with Crippen molar-refractivity contribution < 1.29 is 4.79 Å². The Labute approximate surface area is 147 Å². The lowest BCUT2D eigenvalue weighted by molar-refractivity contribution is -0.142. The molecule has 3 nitrogen and oxygen atoms in total. The summed E-state index contributed by atoms with van der Waals surface area (Å²) in [6.07, 6.45) is 4.04. The van der Waals surface area contributed by atoms with Crippen molar-refractivity contribution in [1.82, 2.24) is 9.80 Å². The van der Waals surface area contributed by atoms with Crippen LogP contribution >= 0.6 is 23.2 Å². The van der Waals surface area contributed by atoms with Crippen LogP contribution in [0.15, 0.2) is 24.3 Å². The van der Waals surface area contributed by atoms with Gasteiger partial charge in [0.2, 0.25) is 5.91 Å². The summed E-state index contributed by atoms with van der Waals surface area (Å²) in [6, 6.07) is 6.63. The van der Waals surface area contributed by atoms with Crippen molar-refractivity contribution in [3.05, 3.63) is 39.9 Å². The molecular formula is C18H22Cl2N2O. The van der Waals surface area contributed by atoms with Gasteiger partial charge in [-0.15, -0.1) is 0 Å². The lowest BCUT2D eigenvalue weighted by Crippen LogP contribution is -2.69. The number of carbonyl (C=O) groups is 1. The molecule has 4 rings (SSSR count). The van der Waals surface area contributed by atoms with Crippen LogP contribution in [0.1, 0.15) is 32.3 Å². The van der Waals surface area contributed by atoms with Crippen LogP contribution in [0, 0.1) is 0 Å². The van der Waals surface area contributed by atoms with Crippen LogP contribution in [0.5, 0.6) is 0 Å². The molecule has 0 N–H and O–H groups in total. The van der Waals surface area contributed by atoms with Gasteiger partial charge in [0.25, 0.3) is 0 Å². The standard InChI is InChI=1S/C18H22Cl2N2O/c1-3-18(23)21-10-14-9-15(11-21)22(14)7-6-12(2)16-5-4-13(19)8-17(16)20/h4-6,8,14-15H,3,7,9-11H2,1-2H3/b12-6+. The second-order valence-electron chi connectivity index (χ2n) is 6.40. The van der Waals surface area contributed by atoms with Crippen molar-refractivity contribution in [3.8, 4) is 0 Å². The summed E-state index contributed by atoms with van der Waals surface area (Å²) in [5, 5.41) is 1.35. The topological polar surface area (TPSA) is 23.6 Å². The van der Waals surface area contributed by atoms with E-state index in [4.69, 9.17) is 23.2 Å². The second-order valence-corrected chi connectivity index (χ2v) is 7.25. The molecule has 124 valence electrons. The van der Waals surface area contributed by atoms with E-state index in [1.807, 2.05) is 24.0 Å². The van der Waals surface area contributed by atoms with Crippen molar-refractivity contribution in [2.75, 3.05) is 19.6 Å². The SMILES string of the molecule is CCC(=O)N1CC2CC(C1)N2C/C=C(\C)c1ccc(Cl)cc1Cl. The van der Waals surface area contributed by atoms with Gasteiger partial charge in [-0.25, -0.2) is 0 Å². The quantitative estimate of drug-likeness (QED) is 0.814. The fourth-order valence-electron chi connectivity index (χ4n) is 3.57. The third-order valence-electron chi connectivity index (χ3n) is 4.96. The van der Waals surface area contributed by atoms with Gasteiger partial charge in [0.15, 0.2) is 0 Å². The van der Waals surface area contributed by atoms with Crippen molar-refractivity contribution in [3.63, 3.8) is 0 Å². The molecule has 3 fully saturated rings. The summed E-state index contributed by atoms with van der Waals surface area (Å²) in [7, 11) is 0. The summed E-state index contributed by atoms with van der Waals surface area (Å²) in [5.74, 6) is 0.277. The highest BCUT2D eigenvalue weighted by Gasteiger charge is 2.44. The van der Waals surface area contributed by atoms with Gasteiger partial charge >= 0.3 is 0 Å². The van der Waals surface area contributed by atoms with Gasteiger partial charge in [-0.1, -0.05) is 42.3 Å². The number of rotatable bonds is 4. The number of piperidine rings is 1. The molecule has 3 aliphatic heterocycles. The Morgan fingerprint density at radius 1 is 1.30 bits per heavy atom. The third-order valence-corrected chi connectivity index (χ3v) is 5.51. The van der Waals surface area contributed by atoms with Gasteiger partial charge in [-0.3, -0.25) is 9.69 Å². The van der Waals surface area contributed by atoms with E-state index in [0.29, 0.717) is 28.5 Å². The fraction of sp³-hybridized carbons (Fsp3) is 0.500. The van der Waals surface area contributed by atoms with Gasteiger partial charge in [0.1, 0.15) is 0 Å². The van der Waals surface area contributed by atoms with Crippen LogP contribution < -0.4 is 0 Å². The van der Waals surface area contributed by atoms with E-state index in [1.165, 1.54) is 6.42 Å². The predicted molar refractivity (Wildman–Crippen MR) is 95.9 cm³/mol. The molecule has 3 heterocycles. The minimum Gasteiger partial charge on any atom is -0.340 e. The number of amides is 1. The lowest BCUT2D eigenvalue weighted by atomic mass is 9.87. The Kier molecular flexibility index (Phi) is 5.00. The molecule has 3 aliphatic rings. The van der Waals surface area contributed by atoms with Gasteiger partial charge < -0.3 is 4.90 Å². The number of fused-ring (bicyclic) bond motifs is 2. The summed E-state index contributed by atoms with van der Waals surface area (Å²) < 4.78 is 0. The molecule has 2 bridgehead atoms. The van der Waals surface area contributed by atoms with E-state index in [0.717, 1.165) is 30.8 Å². The highest BCUT2D eigenvalue weighted by Crippen LogP contribution is 2.33. The van der Waals surface area contributed by atoms with Gasteiger partial charge in [0, 0.05) is 48.2 Å². The molecule has 0 radical (unpaired) electrons. The molecule has 5 heteroatoms. The van der Waals surface area contributed by atoms with Gasteiger partial charge in [0.05, 0.1) is 0 Å². The van der Waals surface area contributed by atoms with Crippen molar-refractivity contribution >= 4 is 34.7 Å². The number of hydrogen-bond donors (Lipinski definition) is 0. The molecule has 1 aromatic rings. The van der Waals surface area contributed by atoms with E-state index >= 15 is 0 Å². The average molecular weight is 353 g/mol. The van der Waals surface area contributed by atoms with E-state index < -0.39 is 0 Å². The summed E-state index contributed by atoms with van der Waals surface area (Å²) in [4.78, 5) is 16.3. The number of allylic oxidation sites excluding steroid dienone is 1. The molecule has 1 aromatic carbocycles. The maximum absolute atomic E-state index is 11.8. The van der Waals surface area contributed by atoms with Crippen LogP contribution in [-0.2, 0) is 4.79 Å².